The van der Waals surface area contributed by atoms with Gasteiger partial charge in [0.1, 0.15) is 0 Å². The van der Waals surface area contributed by atoms with Crippen LogP contribution in [0.25, 0.3) is 5.57 Å². The number of hydrogen-bond donors (Lipinski definition) is 1. The fourth-order valence-corrected chi connectivity index (χ4v) is 8.35. The quantitative estimate of drug-likeness (QED) is 0.456. The fourth-order valence-electron chi connectivity index (χ4n) is 7.48. The van der Waals surface area contributed by atoms with Crippen molar-refractivity contribution in [2.75, 3.05) is 33.0 Å². The van der Waals surface area contributed by atoms with Crippen LogP contribution in [0.5, 0.6) is 0 Å². The molecular formula is C32H46N4O5S. The number of hydrogen-bond acceptors (Lipinski definition) is 7. The van der Waals surface area contributed by atoms with Crippen molar-refractivity contribution in [3.8, 4) is 0 Å². The third kappa shape index (κ3) is 6.97. The summed E-state index contributed by atoms with van der Waals surface area (Å²) in [5.74, 6) is 1.25. The van der Waals surface area contributed by atoms with Gasteiger partial charge in [-0.25, -0.2) is 12.7 Å². The molecule has 0 radical (unpaired) electrons. The molecule has 2 N–H and O–H groups in total. The summed E-state index contributed by atoms with van der Waals surface area (Å²) in [6.07, 6.45) is 10.5. The molecule has 4 aliphatic rings. The van der Waals surface area contributed by atoms with Gasteiger partial charge in [-0.05, 0) is 86.3 Å². The molecule has 1 amide bonds. The average Bonchev–Trinajstić information content (AvgIpc) is 3.65. The fraction of sp³-hybridized carbons (Fsp3) is 0.656. The number of amides is 1. The number of nitrogens with two attached hydrogens (primary N) is 1. The van der Waals surface area contributed by atoms with Crippen LogP contribution in [-0.2, 0) is 30.8 Å². The largest absolute Gasteiger partial charge is 0.469 e. The van der Waals surface area contributed by atoms with Crippen LogP contribution in [0.1, 0.15) is 69.4 Å². The number of benzene rings is 1. The van der Waals surface area contributed by atoms with Gasteiger partial charge < -0.3 is 15.4 Å². The number of ether oxygens (including phenoxy) is 1. The highest BCUT2D eigenvalue weighted by Crippen LogP contribution is 2.40. The van der Waals surface area contributed by atoms with Crippen molar-refractivity contribution in [1.82, 2.24) is 9.21 Å². The van der Waals surface area contributed by atoms with Crippen LogP contribution in [0.15, 0.2) is 35.5 Å². The van der Waals surface area contributed by atoms with Crippen LogP contribution >= 0.6 is 0 Å². The maximum atomic E-state index is 14.1. The minimum Gasteiger partial charge on any atom is -0.469 e. The van der Waals surface area contributed by atoms with Crippen molar-refractivity contribution in [2.45, 2.75) is 76.8 Å². The maximum Gasteiger partial charge on any atom is 0.309 e. The molecule has 42 heavy (non-hydrogen) atoms. The molecule has 3 aliphatic heterocycles. The molecule has 1 saturated carbocycles. The number of sulfonamides is 1. The Bertz CT molecular complexity index is 1310. The maximum absolute atomic E-state index is 14.1. The molecular weight excluding hydrogens is 552 g/mol. The van der Waals surface area contributed by atoms with Gasteiger partial charge in [0.15, 0.2) is 0 Å². The highest BCUT2D eigenvalue weighted by molar-refractivity contribution is 7.88. The summed E-state index contributed by atoms with van der Waals surface area (Å²) in [6.45, 7) is 3.90. The Morgan fingerprint density at radius 1 is 1.05 bits per heavy atom. The Morgan fingerprint density at radius 2 is 1.71 bits per heavy atom. The second kappa shape index (κ2) is 13.0. The van der Waals surface area contributed by atoms with Crippen molar-refractivity contribution in [3.63, 3.8) is 0 Å². The molecule has 230 valence electrons. The molecule has 0 bridgehead atoms. The van der Waals surface area contributed by atoms with Gasteiger partial charge in [0.25, 0.3) is 0 Å². The van der Waals surface area contributed by atoms with E-state index in [0.717, 1.165) is 73.9 Å². The van der Waals surface area contributed by atoms with E-state index >= 15 is 0 Å². The summed E-state index contributed by atoms with van der Waals surface area (Å²) < 4.78 is 30.5. The summed E-state index contributed by atoms with van der Waals surface area (Å²) >= 11 is 0. The third-order valence-electron chi connectivity index (χ3n) is 10.2. The lowest BCUT2D eigenvalue weighted by Gasteiger charge is -2.35. The summed E-state index contributed by atoms with van der Waals surface area (Å²) in [5.41, 5.74) is 10.3. The first-order chi connectivity index (χ1) is 20.0. The number of piperidine rings is 1. The summed E-state index contributed by atoms with van der Waals surface area (Å²) in [6, 6.07) is 8.08. The van der Waals surface area contributed by atoms with Gasteiger partial charge in [0.2, 0.25) is 15.9 Å². The monoisotopic (exact) mass is 598 g/mol. The van der Waals surface area contributed by atoms with E-state index in [4.69, 9.17) is 15.5 Å². The van der Waals surface area contributed by atoms with Crippen LogP contribution < -0.4 is 5.73 Å². The Kier molecular flexibility index (Phi) is 9.54. The SMILES string of the molecule is COC(=O)Cc1ccc(C2=CN=C([C@@H]3C[C@H](C4CCN(S(C)(=O)=O)CC4)CN3C(=O)C3CCC([C@H](C)N)CC3)C2)cc1. The van der Waals surface area contributed by atoms with Crippen molar-refractivity contribution < 1.29 is 22.7 Å². The third-order valence-corrected chi connectivity index (χ3v) is 11.5. The first-order valence-corrected chi connectivity index (χ1v) is 17.3. The van der Waals surface area contributed by atoms with Gasteiger partial charge in [0.05, 0.1) is 25.8 Å². The highest BCUT2D eigenvalue weighted by atomic mass is 32.2. The highest BCUT2D eigenvalue weighted by Gasteiger charge is 2.44. The van der Waals surface area contributed by atoms with Gasteiger partial charge in [-0.2, -0.15) is 0 Å². The number of allylic oxidation sites excluding steroid dienone is 1. The lowest BCUT2D eigenvalue weighted by Crippen LogP contribution is -2.45. The number of aliphatic imine (C=N–C) groups is 1. The van der Waals surface area contributed by atoms with Crippen molar-refractivity contribution >= 4 is 33.2 Å². The number of likely N-dealkylation sites (tertiary alicyclic amines) is 1. The number of esters is 1. The Morgan fingerprint density at radius 3 is 2.31 bits per heavy atom. The summed E-state index contributed by atoms with van der Waals surface area (Å²) in [7, 11) is -1.78. The molecule has 1 aromatic rings. The minimum absolute atomic E-state index is 0.0325. The molecule has 1 aliphatic carbocycles. The van der Waals surface area contributed by atoms with E-state index in [1.165, 1.54) is 13.4 Å². The molecule has 2 saturated heterocycles. The number of methoxy groups -OCH3 is 1. The molecule has 3 fully saturated rings. The number of carbonyl (C=O) groups excluding carboxylic acids is 2. The van der Waals surface area contributed by atoms with Gasteiger partial charge in [-0.1, -0.05) is 24.3 Å². The minimum atomic E-state index is -3.18. The molecule has 3 atom stereocenters. The number of carbonyl (C=O) groups is 2. The normalized spacial score (nSPS) is 28.3. The van der Waals surface area contributed by atoms with Gasteiger partial charge >= 0.3 is 5.97 Å². The van der Waals surface area contributed by atoms with Gasteiger partial charge in [-0.3, -0.25) is 14.6 Å². The van der Waals surface area contributed by atoms with Crippen molar-refractivity contribution in [2.24, 2.45) is 34.4 Å². The molecule has 1 aromatic carbocycles. The smallest absolute Gasteiger partial charge is 0.309 e. The molecule has 5 rings (SSSR count). The zero-order chi connectivity index (χ0) is 30.0. The van der Waals surface area contributed by atoms with Crippen LogP contribution in [0.2, 0.25) is 0 Å². The topological polar surface area (TPSA) is 122 Å². The van der Waals surface area contributed by atoms with Crippen molar-refractivity contribution in [3.05, 3.63) is 41.6 Å². The Hall–Kier alpha value is -2.56. The zero-order valence-electron chi connectivity index (χ0n) is 25.2. The molecule has 9 nitrogen and oxygen atoms in total. The van der Waals surface area contributed by atoms with E-state index in [1.54, 1.807) is 4.31 Å². The van der Waals surface area contributed by atoms with Crippen molar-refractivity contribution in [1.29, 1.82) is 0 Å². The molecule has 0 aromatic heterocycles. The second-order valence-corrected chi connectivity index (χ2v) is 14.9. The van der Waals surface area contributed by atoms with E-state index in [9.17, 15) is 18.0 Å². The van der Waals surface area contributed by atoms with E-state index in [0.29, 0.717) is 37.3 Å². The lowest BCUT2D eigenvalue weighted by molar-refractivity contribution is -0.140. The number of rotatable bonds is 8. The Labute approximate surface area is 250 Å². The van der Waals surface area contributed by atoms with E-state index < -0.39 is 10.0 Å². The van der Waals surface area contributed by atoms with E-state index in [2.05, 4.69) is 11.8 Å². The van der Waals surface area contributed by atoms with Gasteiger partial charge in [-0.15, -0.1) is 0 Å². The first-order valence-electron chi connectivity index (χ1n) is 15.5. The summed E-state index contributed by atoms with van der Waals surface area (Å²) in [5, 5.41) is 0. The second-order valence-electron chi connectivity index (χ2n) is 12.9. The molecule has 0 unspecified atom stereocenters. The van der Waals surface area contributed by atoms with Crippen LogP contribution in [-0.4, -0.2) is 80.3 Å². The van der Waals surface area contributed by atoms with Gasteiger partial charge in [0, 0.05) is 49.9 Å². The van der Waals surface area contributed by atoms with Crippen LogP contribution in [0.4, 0.5) is 0 Å². The lowest BCUT2D eigenvalue weighted by atomic mass is 9.78. The Balaban J connectivity index is 1.28. The number of nitrogens with zero attached hydrogens (tertiary/aromatic N) is 3. The molecule has 3 heterocycles. The van der Waals surface area contributed by atoms with E-state index in [1.807, 2.05) is 30.5 Å². The predicted octanol–water partition coefficient (Wildman–Crippen LogP) is 3.63. The standard InChI is InChI=1S/C32H46N4O5S/c1-21(33)23-8-10-26(11-9-23)32(38)36-20-28(25-12-14-35(15-13-25)42(3,39)40)18-30(36)29-17-27(19-34-29)24-6-4-22(5-7-24)16-31(37)41-2/h4-7,19,21,23,25-26,28,30H,8-18,20,33H2,1-3H3/t21-,23?,26?,28-,30-/m0/s1. The first kappa shape index (κ1) is 30.9. The predicted molar refractivity (Wildman–Crippen MR) is 164 cm³/mol. The zero-order valence-corrected chi connectivity index (χ0v) is 26.0. The summed E-state index contributed by atoms with van der Waals surface area (Å²) in [4.78, 5) is 32.7. The van der Waals surface area contributed by atoms with Crippen LogP contribution in [0, 0.1) is 23.7 Å². The van der Waals surface area contributed by atoms with E-state index in [-0.39, 0.29) is 36.3 Å². The molecule has 0 spiro atoms. The molecule has 10 heteroatoms. The van der Waals surface area contributed by atoms with Crippen LogP contribution in [0.3, 0.4) is 0 Å². The average molecular weight is 599 g/mol.